The smallest absolute Gasteiger partial charge is 0.306 e. The Morgan fingerprint density at radius 1 is 0.545 bits per heavy atom. The maximum atomic E-state index is 12.1. The molecule has 0 aliphatic carbocycles. The van der Waals surface area contributed by atoms with Crippen LogP contribution in [0.5, 0.6) is 0 Å². The Balaban J connectivity index is 3.47. The summed E-state index contributed by atoms with van der Waals surface area (Å²) >= 11 is 0. The highest BCUT2D eigenvalue weighted by Gasteiger charge is 2.13. The molecule has 0 aromatic heterocycles. The molecule has 4 heteroatoms. The predicted molar refractivity (Wildman–Crippen MR) is 191 cm³/mol. The topological polar surface area (TPSA) is 55.8 Å². The maximum absolute atomic E-state index is 12.1. The first-order valence-electron chi connectivity index (χ1n) is 18.7. The van der Waals surface area contributed by atoms with E-state index in [1.807, 2.05) is 0 Å². The summed E-state index contributed by atoms with van der Waals surface area (Å²) in [5.41, 5.74) is 0. The van der Waals surface area contributed by atoms with Crippen molar-refractivity contribution in [3.8, 4) is 0 Å². The van der Waals surface area contributed by atoms with E-state index >= 15 is 0 Å². The lowest BCUT2D eigenvalue weighted by Crippen LogP contribution is -2.27. The highest BCUT2D eigenvalue weighted by atomic mass is 16.6. The minimum absolute atomic E-state index is 0.180. The number of allylic oxidation sites excluding steroid dienone is 8. The molecule has 0 heterocycles. The average molecular weight is 617 g/mol. The number of aliphatic hydroxyl groups excluding tert-OH is 1. The van der Waals surface area contributed by atoms with E-state index in [4.69, 9.17) is 9.47 Å². The molecule has 0 saturated carbocycles. The van der Waals surface area contributed by atoms with Crippen LogP contribution in [0.4, 0.5) is 0 Å². The van der Waals surface area contributed by atoms with Gasteiger partial charge in [-0.05, 0) is 70.6 Å². The summed E-state index contributed by atoms with van der Waals surface area (Å²) in [6.45, 7) is 5.24. The molecule has 4 nitrogen and oxygen atoms in total. The molecule has 44 heavy (non-hydrogen) atoms. The number of aliphatic hydroxyl groups is 1. The van der Waals surface area contributed by atoms with Crippen LogP contribution in [0.25, 0.3) is 0 Å². The summed E-state index contributed by atoms with van der Waals surface area (Å²) in [7, 11) is 0. The Morgan fingerprint density at radius 3 is 1.55 bits per heavy atom. The van der Waals surface area contributed by atoms with Crippen LogP contribution in [0.3, 0.4) is 0 Å². The Hall–Kier alpha value is -1.65. The predicted octanol–water partition coefficient (Wildman–Crippen LogP) is 11.9. The molecule has 0 aliphatic heterocycles. The van der Waals surface area contributed by atoms with Gasteiger partial charge < -0.3 is 14.6 Å². The van der Waals surface area contributed by atoms with Crippen LogP contribution in [-0.4, -0.2) is 37.0 Å². The standard InChI is InChI=1S/C40H72O4/c1-3-5-7-9-11-13-15-16-17-18-19-20-21-22-23-24-25-26-28-30-32-34-36-43-38-39(37-41)44-40(42)35-33-31-29-27-14-12-10-8-6-4-2/h8,10,15-16,18-19,21-22,39,41H,3-7,9,11-14,17,20,23-38H2,1-2H3/b10-8-,16-15-,19-18-,22-21-. The fourth-order valence-electron chi connectivity index (χ4n) is 5.04. The second kappa shape index (κ2) is 37.5. The third-order valence-electron chi connectivity index (χ3n) is 7.86. The first-order valence-corrected chi connectivity index (χ1v) is 18.7. The van der Waals surface area contributed by atoms with Gasteiger partial charge in [0.05, 0.1) is 13.2 Å². The van der Waals surface area contributed by atoms with Crippen molar-refractivity contribution in [2.75, 3.05) is 19.8 Å². The quantitative estimate of drug-likeness (QED) is 0.0444. The van der Waals surface area contributed by atoms with Crippen LogP contribution >= 0.6 is 0 Å². The number of rotatable bonds is 34. The number of carbonyl (C=O) groups excluding carboxylic acids is 1. The van der Waals surface area contributed by atoms with E-state index in [-0.39, 0.29) is 19.2 Å². The molecule has 0 aromatic carbocycles. The molecule has 0 spiro atoms. The van der Waals surface area contributed by atoms with Gasteiger partial charge in [0.25, 0.3) is 0 Å². The molecule has 1 atom stereocenters. The minimum Gasteiger partial charge on any atom is -0.457 e. The molecule has 0 bridgehead atoms. The van der Waals surface area contributed by atoms with Crippen LogP contribution in [0, 0.1) is 0 Å². The van der Waals surface area contributed by atoms with Gasteiger partial charge in [-0.25, -0.2) is 0 Å². The van der Waals surface area contributed by atoms with Gasteiger partial charge in [0.2, 0.25) is 0 Å². The van der Waals surface area contributed by atoms with Crippen LogP contribution in [0.2, 0.25) is 0 Å². The first-order chi connectivity index (χ1) is 21.7. The maximum Gasteiger partial charge on any atom is 0.306 e. The molecule has 0 aliphatic rings. The normalized spacial score (nSPS) is 12.9. The van der Waals surface area contributed by atoms with Crippen molar-refractivity contribution in [1.82, 2.24) is 0 Å². The van der Waals surface area contributed by atoms with Gasteiger partial charge in [-0.3, -0.25) is 4.79 Å². The van der Waals surface area contributed by atoms with E-state index in [1.165, 1.54) is 109 Å². The highest BCUT2D eigenvalue weighted by molar-refractivity contribution is 5.69. The van der Waals surface area contributed by atoms with E-state index in [9.17, 15) is 9.90 Å². The molecule has 1 N–H and O–H groups in total. The second-order valence-electron chi connectivity index (χ2n) is 12.3. The van der Waals surface area contributed by atoms with Crippen LogP contribution < -0.4 is 0 Å². The summed E-state index contributed by atoms with van der Waals surface area (Å²) in [5.74, 6) is -0.218. The minimum atomic E-state index is -0.542. The number of ether oxygens (including phenoxy) is 2. The zero-order valence-corrected chi connectivity index (χ0v) is 29.2. The molecule has 0 amide bonds. The van der Waals surface area contributed by atoms with E-state index in [0.29, 0.717) is 13.0 Å². The van der Waals surface area contributed by atoms with Gasteiger partial charge in [0, 0.05) is 13.0 Å². The van der Waals surface area contributed by atoms with Crippen LogP contribution in [0.15, 0.2) is 48.6 Å². The van der Waals surface area contributed by atoms with Crippen molar-refractivity contribution in [3.63, 3.8) is 0 Å². The molecule has 0 rings (SSSR count). The van der Waals surface area contributed by atoms with Crippen molar-refractivity contribution < 1.29 is 19.4 Å². The lowest BCUT2D eigenvalue weighted by atomic mass is 10.1. The molecule has 0 saturated heterocycles. The molecule has 0 aromatic rings. The summed E-state index contributed by atoms with van der Waals surface area (Å²) < 4.78 is 11.1. The lowest BCUT2D eigenvalue weighted by molar-refractivity contribution is -0.154. The van der Waals surface area contributed by atoms with Gasteiger partial charge in [-0.1, -0.05) is 146 Å². The van der Waals surface area contributed by atoms with Crippen molar-refractivity contribution in [1.29, 1.82) is 0 Å². The SMILES string of the molecule is CCC/C=C\CCCCCCCC(=O)OC(CO)COCCCCCCCCC/C=C\C/C=C\C/C=C\CCCCCCC. The van der Waals surface area contributed by atoms with Gasteiger partial charge in [-0.15, -0.1) is 0 Å². The van der Waals surface area contributed by atoms with E-state index in [0.717, 1.165) is 44.9 Å². The molecule has 256 valence electrons. The number of carbonyl (C=O) groups is 1. The third kappa shape index (κ3) is 34.8. The Morgan fingerprint density at radius 2 is 1.00 bits per heavy atom. The Labute approximate surface area is 273 Å². The molecule has 1 unspecified atom stereocenters. The van der Waals surface area contributed by atoms with Crippen molar-refractivity contribution in [2.24, 2.45) is 0 Å². The van der Waals surface area contributed by atoms with Crippen molar-refractivity contribution in [2.45, 2.75) is 180 Å². The number of hydrogen-bond acceptors (Lipinski definition) is 4. The van der Waals surface area contributed by atoms with Gasteiger partial charge in [-0.2, -0.15) is 0 Å². The lowest BCUT2D eigenvalue weighted by Gasteiger charge is -2.15. The summed E-state index contributed by atoms with van der Waals surface area (Å²) in [5, 5.41) is 9.53. The van der Waals surface area contributed by atoms with Crippen LogP contribution in [-0.2, 0) is 14.3 Å². The van der Waals surface area contributed by atoms with Gasteiger partial charge in [0.15, 0.2) is 0 Å². The van der Waals surface area contributed by atoms with E-state index in [1.54, 1.807) is 0 Å². The monoisotopic (exact) mass is 617 g/mol. The van der Waals surface area contributed by atoms with Crippen molar-refractivity contribution in [3.05, 3.63) is 48.6 Å². The number of unbranched alkanes of at least 4 members (excludes halogenated alkanes) is 18. The fourth-order valence-corrected chi connectivity index (χ4v) is 5.04. The molecular weight excluding hydrogens is 544 g/mol. The second-order valence-corrected chi connectivity index (χ2v) is 12.3. The van der Waals surface area contributed by atoms with Crippen molar-refractivity contribution >= 4 is 5.97 Å². The summed E-state index contributed by atoms with van der Waals surface area (Å²) in [6.07, 6.45) is 47.3. The highest BCUT2D eigenvalue weighted by Crippen LogP contribution is 2.11. The summed E-state index contributed by atoms with van der Waals surface area (Å²) in [4.78, 5) is 12.1. The number of esters is 1. The van der Waals surface area contributed by atoms with Gasteiger partial charge >= 0.3 is 5.97 Å². The van der Waals surface area contributed by atoms with E-state index < -0.39 is 6.10 Å². The third-order valence-corrected chi connectivity index (χ3v) is 7.86. The molecular formula is C40H72O4. The zero-order chi connectivity index (χ0) is 32.0. The largest absolute Gasteiger partial charge is 0.457 e. The zero-order valence-electron chi connectivity index (χ0n) is 29.2. The van der Waals surface area contributed by atoms with Gasteiger partial charge in [0.1, 0.15) is 6.10 Å². The Bertz CT molecular complexity index is 693. The molecule has 0 radical (unpaired) electrons. The van der Waals surface area contributed by atoms with E-state index in [2.05, 4.69) is 62.5 Å². The average Bonchev–Trinajstić information content (AvgIpc) is 3.03. The number of hydrogen-bond donors (Lipinski definition) is 1. The molecule has 0 fully saturated rings. The first kappa shape index (κ1) is 42.3. The summed E-state index contributed by atoms with van der Waals surface area (Å²) in [6, 6.07) is 0. The fraction of sp³-hybridized carbons (Fsp3) is 0.775. The van der Waals surface area contributed by atoms with Crippen LogP contribution in [0.1, 0.15) is 174 Å². The Kier molecular flexibility index (Phi) is 36.1.